The highest BCUT2D eigenvalue weighted by Gasteiger charge is 2.18. The minimum absolute atomic E-state index is 0.0614. The van der Waals surface area contributed by atoms with Gasteiger partial charge in [-0.3, -0.25) is 0 Å². The van der Waals surface area contributed by atoms with Crippen molar-refractivity contribution < 1.29 is 17.6 Å². The van der Waals surface area contributed by atoms with Gasteiger partial charge in [-0.05, 0) is 19.1 Å². The van der Waals surface area contributed by atoms with Gasteiger partial charge in [0.1, 0.15) is 11.3 Å². The van der Waals surface area contributed by atoms with Crippen molar-refractivity contribution in [1.82, 2.24) is 4.72 Å². The van der Waals surface area contributed by atoms with E-state index in [-0.39, 0.29) is 12.4 Å². The number of ether oxygens (including phenoxy) is 1. The predicted octanol–water partition coefficient (Wildman–Crippen LogP) is 2.06. The summed E-state index contributed by atoms with van der Waals surface area (Å²) in [7, 11) is -1.89. The molecule has 0 radical (unpaired) electrons. The molecular weight excluding hydrogens is 266 g/mol. The van der Waals surface area contributed by atoms with Crippen molar-refractivity contribution in [3.05, 3.63) is 36.1 Å². The van der Waals surface area contributed by atoms with Crippen molar-refractivity contribution in [3.8, 4) is 0 Å². The van der Waals surface area contributed by atoms with Crippen molar-refractivity contribution in [2.45, 2.75) is 13.0 Å². The summed E-state index contributed by atoms with van der Waals surface area (Å²) in [6, 6.07) is 9.00. The Hall–Kier alpha value is -1.37. The summed E-state index contributed by atoms with van der Waals surface area (Å²) in [6.07, 6.45) is 0. The third-order valence-corrected chi connectivity index (χ3v) is 4.20. The molecule has 19 heavy (non-hydrogen) atoms. The molecule has 0 saturated carbocycles. The van der Waals surface area contributed by atoms with Crippen molar-refractivity contribution in [2.75, 3.05) is 19.5 Å². The van der Waals surface area contributed by atoms with Crippen LogP contribution in [-0.2, 0) is 14.8 Å². The lowest BCUT2D eigenvalue weighted by atomic mass is 10.2. The molecule has 1 aromatic carbocycles. The highest BCUT2D eigenvalue weighted by molar-refractivity contribution is 7.89. The second kappa shape index (κ2) is 5.73. The zero-order valence-corrected chi connectivity index (χ0v) is 11.7. The molecule has 0 amide bonds. The van der Waals surface area contributed by atoms with Crippen LogP contribution in [0, 0.1) is 0 Å². The summed E-state index contributed by atoms with van der Waals surface area (Å²) in [5.74, 6) is 0.538. The Morgan fingerprint density at radius 2 is 2.11 bits per heavy atom. The van der Waals surface area contributed by atoms with Crippen molar-refractivity contribution in [3.63, 3.8) is 0 Å². The van der Waals surface area contributed by atoms with Crippen LogP contribution in [0.4, 0.5) is 0 Å². The molecule has 6 heteroatoms. The van der Waals surface area contributed by atoms with Crippen LogP contribution in [0.5, 0.6) is 0 Å². The van der Waals surface area contributed by atoms with Gasteiger partial charge in [-0.25, -0.2) is 13.1 Å². The Bertz CT molecular complexity index is 614. The van der Waals surface area contributed by atoms with Gasteiger partial charge in [-0.15, -0.1) is 0 Å². The molecule has 1 unspecified atom stereocenters. The van der Waals surface area contributed by atoms with Crippen LogP contribution in [0.2, 0.25) is 0 Å². The van der Waals surface area contributed by atoms with Crippen LogP contribution in [0.25, 0.3) is 11.0 Å². The second-order valence-electron chi connectivity index (χ2n) is 4.34. The number of rotatable bonds is 6. The smallest absolute Gasteiger partial charge is 0.214 e. The minimum Gasteiger partial charge on any atom is -0.459 e. The van der Waals surface area contributed by atoms with Crippen molar-refractivity contribution in [2.24, 2.45) is 0 Å². The SMILES string of the molecule is COCCS(=O)(=O)NC(C)c1cc2ccccc2o1. The van der Waals surface area contributed by atoms with Crippen LogP contribution in [0.3, 0.4) is 0 Å². The van der Waals surface area contributed by atoms with E-state index >= 15 is 0 Å². The van der Waals surface area contributed by atoms with Crippen LogP contribution in [0.1, 0.15) is 18.7 Å². The average Bonchev–Trinajstić information content (AvgIpc) is 2.80. The quantitative estimate of drug-likeness (QED) is 0.881. The fourth-order valence-electron chi connectivity index (χ4n) is 1.80. The summed E-state index contributed by atoms with van der Waals surface area (Å²) >= 11 is 0. The highest BCUT2D eigenvalue weighted by Crippen LogP contribution is 2.23. The molecule has 0 aliphatic rings. The largest absolute Gasteiger partial charge is 0.459 e. The van der Waals surface area contributed by atoms with Crippen LogP contribution in [-0.4, -0.2) is 27.9 Å². The van der Waals surface area contributed by atoms with E-state index in [4.69, 9.17) is 9.15 Å². The summed E-state index contributed by atoms with van der Waals surface area (Å²) < 4.78 is 36.5. The summed E-state index contributed by atoms with van der Waals surface area (Å²) in [5, 5.41) is 0.959. The lowest BCUT2D eigenvalue weighted by molar-refractivity contribution is 0.216. The molecule has 0 saturated heterocycles. The summed E-state index contributed by atoms with van der Waals surface area (Å²) in [6.45, 7) is 1.92. The monoisotopic (exact) mass is 283 g/mol. The van der Waals surface area contributed by atoms with E-state index in [2.05, 4.69) is 4.72 Å². The number of fused-ring (bicyclic) bond motifs is 1. The number of sulfonamides is 1. The summed E-state index contributed by atoms with van der Waals surface area (Å²) in [5.41, 5.74) is 0.750. The number of hydrogen-bond donors (Lipinski definition) is 1. The highest BCUT2D eigenvalue weighted by atomic mass is 32.2. The van der Waals surface area contributed by atoms with Gasteiger partial charge < -0.3 is 9.15 Å². The molecule has 0 bridgehead atoms. The van der Waals surface area contributed by atoms with Crippen LogP contribution in [0.15, 0.2) is 34.7 Å². The lowest BCUT2D eigenvalue weighted by Gasteiger charge is -2.11. The number of furan rings is 1. The number of benzene rings is 1. The standard InChI is InChI=1S/C13H17NO4S/c1-10(14-19(15,16)8-7-17-2)13-9-11-5-3-4-6-12(11)18-13/h3-6,9-10,14H,7-8H2,1-2H3. The van der Waals surface area contributed by atoms with Gasteiger partial charge in [-0.2, -0.15) is 0 Å². The number of hydrogen-bond acceptors (Lipinski definition) is 4. The van der Waals surface area contributed by atoms with E-state index in [1.54, 1.807) is 6.92 Å². The van der Waals surface area contributed by atoms with Gasteiger partial charge >= 0.3 is 0 Å². The fraction of sp³-hybridized carbons (Fsp3) is 0.385. The fourth-order valence-corrected chi connectivity index (χ4v) is 2.95. The second-order valence-corrected chi connectivity index (χ2v) is 6.21. The first-order valence-electron chi connectivity index (χ1n) is 5.99. The molecule has 0 aliphatic carbocycles. The van der Waals surface area contributed by atoms with Gasteiger partial charge in [0.2, 0.25) is 10.0 Å². The molecule has 1 atom stereocenters. The van der Waals surface area contributed by atoms with Gasteiger partial charge in [0, 0.05) is 12.5 Å². The minimum atomic E-state index is -3.36. The Kier molecular flexibility index (Phi) is 4.24. The van der Waals surface area contributed by atoms with Gasteiger partial charge in [0.05, 0.1) is 18.4 Å². The third kappa shape index (κ3) is 3.56. The maximum Gasteiger partial charge on any atom is 0.214 e. The molecule has 0 fully saturated rings. The molecule has 2 rings (SSSR count). The van der Waals surface area contributed by atoms with E-state index in [1.807, 2.05) is 30.3 Å². The van der Waals surface area contributed by atoms with Crippen LogP contribution >= 0.6 is 0 Å². The predicted molar refractivity (Wildman–Crippen MR) is 73.4 cm³/mol. The molecule has 2 aromatic rings. The first kappa shape index (κ1) is 14.0. The Balaban J connectivity index is 2.13. The number of para-hydroxylation sites is 1. The third-order valence-electron chi connectivity index (χ3n) is 2.78. The van der Waals surface area contributed by atoms with E-state index < -0.39 is 16.1 Å². The number of methoxy groups -OCH3 is 1. The molecule has 0 spiro atoms. The molecule has 1 aromatic heterocycles. The van der Waals surface area contributed by atoms with E-state index in [1.165, 1.54) is 7.11 Å². The maximum absolute atomic E-state index is 11.8. The van der Waals surface area contributed by atoms with Gasteiger partial charge in [-0.1, -0.05) is 18.2 Å². The molecule has 0 aliphatic heterocycles. The first-order valence-corrected chi connectivity index (χ1v) is 7.64. The van der Waals surface area contributed by atoms with E-state index in [0.29, 0.717) is 5.76 Å². The zero-order valence-electron chi connectivity index (χ0n) is 10.9. The molecule has 104 valence electrons. The number of nitrogens with one attached hydrogen (secondary N) is 1. The maximum atomic E-state index is 11.8. The van der Waals surface area contributed by atoms with Gasteiger partial charge in [0.25, 0.3) is 0 Å². The Morgan fingerprint density at radius 3 is 2.79 bits per heavy atom. The average molecular weight is 283 g/mol. The summed E-state index contributed by atoms with van der Waals surface area (Å²) in [4.78, 5) is 0. The van der Waals surface area contributed by atoms with E-state index in [9.17, 15) is 8.42 Å². The normalized spacial score (nSPS) is 13.8. The zero-order chi connectivity index (χ0) is 13.9. The molecular formula is C13H17NO4S. The molecule has 1 heterocycles. The van der Waals surface area contributed by atoms with Crippen molar-refractivity contribution >= 4 is 21.0 Å². The molecule has 1 N–H and O–H groups in total. The molecule has 5 nitrogen and oxygen atoms in total. The van der Waals surface area contributed by atoms with E-state index in [0.717, 1.165) is 11.0 Å². The first-order chi connectivity index (χ1) is 9.02. The lowest BCUT2D eigenvalue weighted by Crippen LogP contribution is -2.30. The topological polar surface area (TPSA) is 68.5 Å². The Morgan fingerprint density at radius 1 is 1.37 bits per heavy atom. The van der Waals surface area contributed by atoms with Gasteiger partial charge in [0.15, 0.2) is 0 Å². The van der Waals surface area contributed by atoms with Crippen LogP contribution < -0.4 is 4.72 Å². The van der Waals surface area contributed by atoms with Crippen molar-refractivity contribution in [1.29, 1.82) is 0 Å². The Labute approximate surface area is 112 Å².